The van der Waals surface area contributed by atoms with Crippen molar-refractivity contribution in [2.75, 3.05) is 26.3 Å². The molecule has 2 rings (SSSR count). The summed E-state index contributed by atoms with van der Waals surface area (Å²) in [5.74, 6) is -0.451. The van der Waals surface area contributed by atoms with Crippen molar-refractivity contribution in [3.8, 4) is 0 Å². The highest BCUT2D eigenvalue weighted by Crippen LogP contribution is 2.09. The highest BCUT2D eigenvalue weighted by atomic mass is 16.5. The number of carbonyl (C=O) groups excluding carboxylic acids is 1. The minimum atomic E-state index is -0.672. The monoisotopic (exact) mass is 250 g/mol. The SMILES string of the molecule is NC(=O)C(OCc1ccccc1)N1CCOCC1. The van der Waals surface area contributed by atoms with Gasteiger partial charge >= 0.3 is 0 Å². The number of rotatable bonds is 5. The third-order valence-electron chi connectivity index (χ3n) is 2.87. The van der Waals surface area contributed by atoms with Crippen molar-refractivity contribution >= 4 is 5.91 Å². The maximum absolute atomic E-state index is 11.4. The molecule has 1 atom stereocenters. The Kier molecular flexibility index (Phi) is 4.69. The van der Waals surface area contributed by atoms with E-state index in [1.165, 1.54) is 0 Å². The molecule has 1 aromatic rings. The second-order valence-corrected chi connectivity index (χ2v) is 4.20. The van der Waals surface area contributed by atoms with E-state index in [1.807, 2.05) is 35.2 Å². The summed E-state index contributed by atoms with van der Waals surface area (Å²) in [4.78, 5) is 13.3. The van der Waals surface area contributed by atoms with Crippen LogP contribution in [0.1, 0.15) is 5.56 Å². The van der Waals surface area contributed by atoms with Gasteiger partial charge in [0.2, 0.25) is 0 Å². The first-order valence-electron chi connectivity index (χ1n) is 6.04. The second kappa shape index (κ2) is 6.49. The van der Waals surface area contributed by atoms with E-state index in [1.54, 1.807) is 0 Å². The van der Waals surface area contributed by atoms with Crippen LogP contribution in [0.4, 0.5) is 0 Å². The van der Waals surface area contributed by atoms with Crippen molar-refractivity contribution in [2.45, 2.75) is 12.8 Å². The molecule has 0 aromatic heterocycles. The number of hydrogen-bond donors (Lipinski definition) is 1. The molecule has 0 bridgehead atoms. The van der Waals surface area contributed by atoms with Crippen LogP contribution in [0.3, 0.4) is 0 Å². The van der Waals surface area contributed by atoms with E-state index in [0.717, 1.165) is 5.56 Å². The summed E-state index contributed by atoms with van der Waals surface area (Å²) in [6, 6.07) is 9.73. The summed E-state index contributed by atoms with van der Waals surface area (Å²) < 4.78 is 10.9. The van der Waals surface area contributed by atoms with Gasteiger partial charge in [0.25, 0.3) is 5.91 Å². The molecule has 1 aromatic carbocycles. The van der Waals surface area contributed by atoms with E-state index in [2.05, 4.69) is 0 Å². The molecule has 1 fully saturated rings. The molecule has 5 nitrogen and oxygen atoms in total. The van der Waals surface area contributed by atoms with Gasteiger partial charge in [0.05, 0.1) is 19.8 Å². The fraction of sp³-hybridized carbons (Fsp3) is 0.462. The van der Waals surface area contributed by atoms with Crippen LogP contribution >= 0.6 is 0 Å². The van der Waals surface area contributed by atoms with Gasteiger partial charge in [-0.25, -0.2) is 0 Å². The van der Waals surface area contributed by atoms with Crippen LogP contribution in [-0.4, -0.2) is 43.3 Å². The van der Waals surface area contributed by atoms with Gasteiger partial charge in [0.1, 0.15) is 0 Å². The summed E-state index contributed by atoms with van der Waals surface area (Å²) in [5, 5.41) is 0. The van der Waals surface area contributed by atoms with Gasteiger partial charge in [-0.3, -0.25) is 9.69 Å². The molecule has 2 N–H and O–H groups in total. The predicted octanol–water partition coefficient (Wildman–Crippen LogP) is 0.347. The standard InChI is InChI=1S/C13H18N2O3/c14-12(16)13(15-6-8-17-9-7-15)18-10-11-4-2-1-3-5-11/h1-5,13H,6-10H2,(H2,14,16). The van der Waals surface area contributed by atoms with E-state index >= 15 is 0 Å². The van der Waals surface area contributed by atoms with Crippen molar-refractivity contribution < 1.29 is 14.3 Å². The van der Waals surface area contributed by atoms with Crippen molar-refractivity contribution in [1.82, 2.24) is 4.90 Å². The fourth-order valence-electron chi connectivity index (χ4n) is 1.93. The topological polar surface area (TPSA) is 64.8 Å². The van der Waals surface area contributed by atoms with Crippen LogP contribution in [0.25, 0.3) is 0 Å². The minimum absolute atomic E-state index is 0.381. The summed E-state index contributed by atoms with van der Waals surface area (Å²) in [7, 11) is 0. The Balaban J connectivity index is 1.92. The number of ether oxygens (including phenoxy) is 2. The average molecular weight is 250 g/mol. The molecular formula is C13H18N2O3. The molecule has 0 aliphatic carbocycles. The summed E-state index contributed by atoms with van der Waals surface area (Å²) in [5.41, 5.74) is 6.41. The van der Waals surface area contributed by atoms with Crippen LogP contribution in [0.15, 0.2) is 30.3 Å². The molecule has 1 aliphatic rings. The molecule has 18 heavy (non-hydrogen) atoms. The number of morpholine rings is 1. The quantitative estimate of drug-likeness (QED) is 0.819. The first-order valence-corrected chi connectivity index (χ1v) is 6.04. The summed E-state index contributed by atoms with van der Waals surface area (Å²) >= 11 is 0. The van der Waals surface area contributed by atoms with E-state index in [0.29, 0.717) is 32.9 Å². The maximum Gasteiger partial charge on any atom is 0.261 e. The molecule has 1 heterocycles. The van der Waals surface area contributed by atoms with Gasteiger partial charge in [0, 0.05) is 13.1 Å². The number of amides is 1. The smallest absolute Gasteiger partial charge is 0.261 e. The fourth-order valence-corrected chi connectivity index (χ4v) is 1.93. The number of hydrogen-bond acceptors (Lipinski definition) is 4. The second-order valence-electron chi connectivity index (χ2n) is 4.20. The van der Waals surface area contributed by atoms with Crippen molar-refractivity contribution in [3.05, 3.63) is 35.9 Å². The zero-order valence-electron chi connectivity index (χ0n) is 10.2. The van der Waals surface area contributed by atoms with Gasteiger partial charge in [-0.05, 0) is 5.56 Å². The van der Waals surface area contributed by atoms with Gasteiger partial charge < -0.3 is 15.2 Å². The Labute approximate surface area is 106 Å². The molecule has 98 valence electrons. The number of primary amides is 1. The zero-order chi connectivity index (χ0) is 12.8. The highest BCUT2D eigenvalue weighted by molar-refractivity contribution is 5.78. The summed E-state index contributed by atoms with van der Waals surface area (Å²) in [6.45, 7) is 2.94. The predicted molar refractivity (Wildman–Crippen MR) is 66.6 cm³/mol. The minimum Gasteiger partial charge on any atom is -0.379 e. The van der Waals surface area contributed by atoms with E-state index in [-0.39, 0.29) is 0 Å². The van der Waals surface area contributed by atoms with Gasteiger partial charge in [0.15, 0.2) is 6.23 Å². The van der Waals surface area contributed by atoms with E-state index in [4.69, 9.17) is 15.2 Å². The lowest BCUT2D eigenvalue weighted by molar-refractivity contribution is -0.151. The number of carbonyl (C=O) groups is 1. The highest BCUT2D eigenvalue weighted by Gasteiger charge is 2.26. The normalized spacial score (nSPS) is 18.4. The molecule has 5 heteroatoms. The molecule has 1 unspecified atom stereocenters. The van der Waals surface area contributed by atoms with Crippen molar-refractivity contribution in [3.63, 3.8) is 0 Å². The maximum atomic E-state index is 11.4. The zero-order valence-corrected chi connectivity index (χ0v) is 10.2. The number of benzene rings is 1. The van der Waals surface area contributed by atoms with Crippen molar-refractivity contribution in [1.29, 1.82) is 0 Å². The Morgan fingerprint density at radius 1 is 1.33 bits per heavy atom. The molecule has 1 aliphatic heterocycles. The number of nitrogens with zero attached hydrogens (tertiary/aromatic N) is 1. The van der Waals surface area contributed by atoms with Crippen LogP contribution in [0.2, 0.25) is 0 Å². The van der Waals surface area contributed by atoms with E-state index in [9.17, 15) is 4.79 Å². The number of nitrogens with two attached hydrogens (primary N) is 1. The van der Waals surface area contributed by atoms with Crippen LogP contribution < -0.4 is 5.73 Å². The van der Waals surface area contributed by atoms with Gasteiger partial charge in [-0.1, -0.05) is 30.3 Å². The third kappa shape index (κ3) is 3.53. The first kappa shape index (κ1) is 13.0. The van der Waals surface area contributed by atoms with Gasteiger partial charge in [-0.15, -0.1) is 0 Å². The average Bonchev–Trinajstić information content (AvgIpc) is 2.41. The molecule has 0 saturated carbocycles. The lowest BCUT2D eigenvalue weighted by Crippen LogP contribution is -2.51. The Morgan fingerprint density at radius 3 is 2.61 bits per heavy atom. The Hall–Kier alpha value is -1.43. The lowest BCUT2D eigenvalue weighted by Gasteiger charge is -2.32. The van der Waals surface area contributed by atoms with Crippen molar-refractivity contribution in [2.24, 2.45) is 5.73 Å². The van der Waals surface area contributed by atoms with Gasteiger partial charge in [-0.2, -0.15) is 0 Å². The Morgan fingerprint density at radius 2 is 2.00 bits per heavy atom. The molecule has 0 radical (unpaired) electrons. The third-order valence-corrected chi connectivity index (χ3v) is 2.87. The molecule has 1 saturated heterocycles. The van der Waals surface area contributed by atoms with Crippen LogP contribution in [0, 0.1) is 0 Å². The van der Waals surface area contributed by atoms with Crippen LogP contribution in [0.5, 0.6) is 0 Å². The van der Waals surface area contributed by atoms with Crippen LogP contribution in [-0.2, 0) is 20.9 Å². The molecular weight excluding hydrogens is 232 g/mol. The summed E-state index contributed by atoms with van der Waals surface area (Å²) in [6.07, 6.45) is -0.672. The largest absolute Gasteiger partial charge is 0.379 e. The first-order chi connectivity index (χ1) is 8.77. The lowest BCUT2D eigenvalue weighted by atomic mass is 10.2. The molecule has 0 spiro atoms. The molecule has 1 amide bonds. The Bertz CT molecular complexity index is 377. The van der Waals surface area contributed by atoms with E-state index < -0.39 is 12.1 Å².